The number of hydrogen-bond acceptors (Lipinski definition) is 3. The molecule has 0 saturated heterocycles. The zero-order valence-electron chi connectivity index (χ0n) is 19.4. The Morgan fingerprint density at radius 3 is 1.60 bits per heavy atom. The van der Waals surface area contributed by atoms with Gasteiger partial charge >= 0.3 is 0 Å². The maximum absolute atomic E-state index is 4.81. The maximum Gasteiger partial charge on any atom is 0.163 e. The van der Waals surface area contributed by atoms with Crippen molar-refractivity contribution in [1.82, 2.24) is 15.0 Å². The molecule has 1 aromatic heterocycles. The molecule has 0 unspecified atom stereocenters. The van der Waals surface area contributed by atoms with E-state index in [1.165, 1.54) is 33.0 Å². The van der Waals surface area contributed by atoms with Crippen LogP contribution in [0, 0.1) is 6.92 Å². The van der Waals surface area contributed by atoms with Crippen LogP contribution in [0.5, 0.6) is 0 Å². The Balaban J connectivity index is 1.33. The summed E-state index contributed by atoms with van der Waals surface area (Å²) in [6.07, 6.45) is 0. The molecule has 0 aliphatic carbocycles. The molecule has 3 heteroatoms. The average molecular weight is 450 g/mol. The van der Waals surface area contributed by atoms with Crippen LogP contribution in [0.1, 0.15) is 5.82 Å². The third kappa shape index (κ3) is 4.20. The van der Waals surface area contributed by atoms with Gasteiger partial charge < -0.3 is 0 Å². The van der Waals surface area contributed by atoms with E-state index in [1.807, 2.05) is 13.0 Å². The number of rotatable bonds is 4. The van der Waals surface area contributed by atoms with Crippen molar-refractivity contribution in [2.45, 2.75) is 6.92 Å². The average Bonchev–Trinajstić information content (AvgIpc) is 2.93. The Kier molecular flexibility index (Phi) is 5.36. The van der Waals surface area contributed by atoms with Crippen molar-refractivity contribution in [3.05, 3.63) is 127 Å². The first-order valence-electron chi connectivity index (χ1n) is 11.7. The molecule has 3 nitrogen and oxygen atoms in total. The van der Waals surface area contributed by atoms with E-state index in [4.69, 9.17) is 4.98 Å². The van der Waals surface area contributed by atoms with Crippen molar-refractivity contribution in [3.63, 3.8) is 0 Å². The molecule has 0 atom stereocenters. The highest BCUT2D eigenvalue weighted by Gasteiger charge is 2.10. The van der Waals surface area contributed by atoms with Crippen LogP contribution in [-0.2, 0) is 0 Å². The maximum atomic E-state index is 4.81. The van der Waals surface area contributed by atoms with Gasteiger partial charge in [0.15, 0.2) is 11.6 Å². The number of hydrogen-bond donors (Lipinski definition) is 0. The monoisotopic (exact) mass is 449 g/mol. The van der Waals surface area contributed by atoms with Gasteiger partial charge in [-0.2, -0.15) is 0 Å². The smallest absolute Gasteiger partial charge is 0.163 e. The number of fused-ring (bicyclic) bond motifs is 1. The van der Waals surface area contributed by atoms with Gasteiger partial charge in [0.25, 0.3) is 0 Å². The molecule has 0 aliphatic heterocycles. The molecule has 0 bridgehead atoms. The highest BCUT2D eigenvalue weighted by molar-refractivity contribution is 5.96. The molecule has 1 heterocycles. The molecule has 0 radical (unpaired) electrons. The van der Waals surface area contributed by atoms with Crippen LogP contribution >= 0.6 is 0 Å². The summed E-state index contributed by atoms with van der Waals surface area (Å²) >= 11 is 0. The van der Waals surface area contributed by atoms with Crippen LogP contribution in [0.2, 0.25) is 0 Å². The fourth-order valence-corrected chi connectivity index (χ4v) is 4.46. The molecule has 0 N–H and O–H groups in total. The first kappa shape index (κ1) is 20.9. The van der Waals surface area contributed by atoms with Crippen LogP contribution in [0.25, 0.3) is 55.8 Å². The topological polar surface area (TPSA) is 38.7 Å². The van der Waals surface area contributed by atoms with E-state index in [0.29, 0.717) is 17.5 Å². The highest BCUT2D eigenvalue weighted by Crippen LogP contribution is 2.30. The zero-order valence-corrected chi connectivity index (χ0v) is 19.4. The van der Waals surface area contributed by atoms with Crippen LogP contribution in [0.15, 0.2) is 121 Å². The van der Waals surface area contributed by atoms with Gasteiger partial charge in [0.2, 0.25) is 0 Å². The van der Waals surface area contributed by atoms with Crippen LogP contribution in [0.4, 0.5) is 0 Å². The lowest BCUT2D eigenvalue weighted by atomic mass is 9.97. The van der Waals surface area contributed by atoms with Crippen molar-refractivity contribution >= 4 is 10.8 Å². The molecule has 0 spiro atoms. The van der Waals surface area contributed by atoms with Crippen LogP contribution in [0.3, 0.4) is 0 Å². The number of benzene rings is 5. The van der Waals surface area contributed by atoms with Gasteiger partial charge in [-0.15, -0.1) is 0 Å². The quantitative estimate of drug-likeness (QED) is 0.274. The molecule has 0 saturated carbocycles. The molecule has 6 aromatic rings. The highest BCUT2D eigenvalue weighted by atomic mass is 15.0. The second kappa shape index (κ2) is 8.96. The number of nitrogens with zero attached hydrogens (tertiary/aromatic N) is 3. The fourth-order valence-electron chi connectivity index (χ4n) is 4.46. The summed E-state index contributed by atoms with van der Waals surface area (Å²) in [4.78, 5) is 14.0. The second-order valence-electron chi connectivity index (χ2n) is 8.58. The van der Waals surface area contributed by atoms with E-state index in [-0.39, 0.29) is 0 Å². The molecular formula is C32H23N3. The Morgan fingerprint density at radius 2 is 0.914 bits per heavy atom. The predicted molar refractivity (Wildman–Crippen MR) is 144 cm³/mol. The van der Waals surface area contributed by atoms with Crippen LogP contribution in [-0.4, -0.2) is 15.0 Å². The lowest BCUT2D eigenvalue weighted by Gasteiger charge is -2.09. The Labute approximate surface area is 204 Å². The van der Waals surface area contributed by atoms with E-state index in [2.05, 4.69) is 125 Å². The van der Waals surface area contributed by atoms with E-state index >= 15 is 0 Å². The minimum absolute atomic E-state index is 0.684. The minimum Gasteiger partial charge on any atom is -0.213 e. The van der Waals surface area contributed by atoms with Crippen molar-refractivity contribution in [1.29, 1.82) is 0 Å². The van der Waals surface area contributed by atoms with Gasteiger partial charge in [-0.1, -0.05) is 121 Å². The summed E-state index contributed by atoms with van der Waals surface area (Å²) < 4.78 is 0. The van der Waals surface area contributed by atoms with Crippen molar-refractivity contribution in [2.24, 2.45) is 0 Å². The Morgan fingerprint density at radius 1 is 0.400 bits per heavy atom. The SMILES string of the molecule is Cc1nc(-c2ccc(-c3ccccc3)cc2)nc(-c2ccc(-c3cccc4ccccc34)cc2)n1. The van der Waals surface area contributed by atoms with Crippen molar-refractivity contribution in [3.8, 4) is 45.0 Å². The molecule has 166 valence electrons. The lowest BCUT2D eigenvalue weighted by Crippen LogP contribution is -1.99. The van der Waals surface area contributed by atoms with E-state index < -0.39 is 0 Å². The van der Waals surface area contributed by atoms with Gasteiger partial charge in [-0.25, -0.2) is 15.0 Å². The van der Waals surface area contributed by atoms with Crippen LogP contribution < -0.4 is 0 Å². The fraction of sp³-hybridized carbons (Fsp3) is 0.0312. The van der Waals surface area contributed by atoms with Crippen molar-refractivity contribution < 1.29 is 0 Å². The van der Waals surface area contributed by atoms with E-state index in [9.17, 15) is 0 Å². The molecule has 0 aliphatic rings. The predicted octanol–water partition coefficient (Wildman–Crippen LogP) is 8.00. The third-order valence-electron chi connectivity index (χ3n) is 6.24. The normalized spacial score (nSPS) is 11.0. The number of aromatic nitrogens is 3. The van der Waals surface area contributed by atoms with Gasteiger partial charge in [0.05, 0.1) is 0 Å². The summed E-state index contributed by atoms with van der Waals surface area (Å²) in [6, 6.07) is 42.1. The van der Waals surface area contributed by atoms with Gasteiger partial charge in [-0.05, 0) is 39.9 Å². The number of aryl methyl sites for hydroxylation is 1. The van der Waals surface area contributed by atoms with Crippen molar-refractivity contribution in [2.75, 3.05) is 0 Å². The Hall–Kier alpha value is -4.63. The molecular weight excluding hydrogens is 426 g/mol. The Bertz CT molecular complexity index is 1620. The molecule has 0 fully saturated rings. The van der Waals surface area contributed by atoms with E-state index in [1.54, 1.807) is 0 Å². The standard InChI is InChI=1S/C32H23N3/c1-22-33-31(27-18-14-24(15-19-27)23-8-3-2-4-9-23)35-32(34-22)28-20-16-26(17-21-28)30-13-7-11-25-10-5-6-12-29(25)30/h2-21H,1H3. The summed E-state index contributed by atoms with van der Waals surface area (Å²) in [6.45, 7) is 1.91. The van der Waals surface area contributed by atoms with Gasteiger partial charge in [-0.3, -0.25) is 0 Å². The third-order valence-corrected chi connectivity index (χ3v) is 6.24. The summed E-state index contributed by atoms with van der Waals surface area (Å²) in [7, 11) is 0. The summed E-state index contributed by atoms with van der Waals surface area (Å²) in [5.74, 6) is 2.07. The minimum atomic E-state index is 0.684. The lowest BCUT2D eigenvalue weighted by molar-refractivity contribution is 0.992. The van der Waals surface area contributed by atoms with Gasteiger partial charge in [0.1, 0.15) is 5.82 Å². The first-order valence-corrected chi connectivity index (χ1v) is 11.7. The molecule has 35 heavy (non-hydrogen) atoms. The summed E-state index contributed by atoms with van der Waals surface area (Å²) in [5.41, 5.74) is 6.71. The second-order valence-corrected chi connectivity index (χ2v) is 8.58. The van der Waals surface area contributed by atoms with Gasteiger partial charge in [0, 0.05) is 11.1 Å². The van der Waals surface area contributed by atoms with E-state index in [0.717, 1.165) is 11.1 Å². The molecule has 5 aromatic carbocycles. The molecule has 0 amide bonds. The largest absolute Gasteiger partial charge is 0.213 e. The molecule has 6 rings (SSSR count). The zero-order chi connectivity index (χ0) is 23.6. The summed E-state index contributed by atoms with van der Waals surface area (Å²) in [5, 5.41) is 2.49. The first-order chi connectivity index (χ1) is 17.2.